The quantitative estimate of drug-likeness (QED) is 0.807. The van der Waals surface area contributed by atoms with Crippen molar-refractivity contribution in [3.8, 4) is 0 Å². The zero-order valence-corrected chi connectivity index (χ0v) is 9.06. The summed E-state index contributed by atoms with van der Waals surface area (Å²) in [6.07, 6.45) is 0.253. The highest BCUT2D eigenvalue weighted by Gasteiger charge is 2.02. The molecule has 0 atom stereocenters. The second-order valence-corrected chi connectivity index (χ2v) is 3.75. The summed E-state index contributed by atoms with van der Waals surface area (Å²) in [5, 5.41) is 8.64. The topological polar surface area (TPSA) is 46.5 Å². The fraction of sp³-hybridized carbons (Fsp3) is 0.417. The van der Waals surface area contributed by atoms with Crippen molar-refractivity contribution in [1.29, 1.82) is 0 Å². The summed E-state index contributed by atoms with van der Waals surface area (Å²) in [4.78, 5) is 10.5. The Kier molecular flexibility index (Phi) is 4.31. The van der Waals surface area contributed by atoms with Gasteiger partial charge in [-0.1, -0.05) is 24.3 Å². The second-order valence-electron chi connectivity index (χ2n) is 3.75. The summed E-state index contributed by atoms with van der Waals surface area (Å²) < 4.78 is 5.44. The van der Waals surface area contributed by atoms with Crippen molar-refractivity contribution in [3.63, 3.8) is 0 Å². The smallest absolute Gasteiger partial charge is 0.307 e. The third-order valence-corrected chi connectivity index (χ3v) is 1.93. The minimum absolute atomic E-state index is 0.0650. The maximum absolute atomic E-state index is 10.5. The van der Waals surface area contributed by atoms with E-state index in [2.05, 4.69) is 0 Å². The molecular weight excluding hydrogens is 192 g/mol. The van der Waals surface area contributed by atoms with Crippen LogP contribution in [0.3, 0.4) is 0 Å². The van der Waals surface area contributed by atoms with Crippen molar-refractivity contribution in [1.82, 2.24) is 0 Å². The molecule has 0 fully saturated rings. The average Bonchev–Trinajstić information content (AvgIpc) is 2.14. The molecule has 1 N–H and O–H groups in total. The molecule has 0 aliphatic heterocycles. The normalized spacial score (nSPS) is 10.6. The molecule has 1 aromatic carbocycles. The Morgan fingerprint density at radius 1 is 1.40 bits per heavy atom. The molecule has 15 heavy (non-hydrogen) atoms. The molecule has 0 amide bonds. The lowest BCUT2D eigenvalue weighted by atomic mass is 10.1. The molecule has 0 spiro atoms. The molecule has 1 aromatic rings. The lowest BCUT2D eigenvalue weighted by Gasteiger charge is -2.08. The Morgan fingerprint density at radius 3 is 2.67 bits per heavy atom. The van der Waals surface area contributed by atoms with E-state index in [1.54, 1.807) is 0 Å². The molecule has 1 rings (SSSR count). The average molecular weight is 208 g/mol. The van der Waals surface area contributed by atoms with Gasteiger partial charge in [0.1, 0.15) is 0 Å². The number of carboxylic acids is 1. The SMILES string of the molecule is CC(C)OCc1cccc(CC(=O)O)c1. The van der Waals surface area contributed by atoms with Gasteiger partial charge in [-0.15, -0.1) is 0 Å². The van der Waals surface area contributed by atoms with E-state index in [0.717, 1.165) is 11.1 Å². The highest BCUT2D eigenvalue weighted by molar-refractivity contribution is 5.70. The van der Waals surface area contributed by atoms with E-state index in [1.807, 2.05) is 38.1 Å². The maximum Gasteiger partial charge on any atom is 0.307 e. The van der Waals surface area contributed by atoms with Crippen molar-refractivity contribution in [2.75, 3.05) is 0 Å². The van der Waals surface area contributed by atoms with E-state index in [0.29, 0.717) is 6.61 Å². The molecule has 0 unspecified atom stereocenters. The van der Waals surface area contributed by atoms with Gasteiger partial charge in [-0.05, 0) is 25.0 Å². The fourth-order valence-electron chi connectivity index (χ4n) is 1.27. The molecule has 0 saturated carbocycles. The second kappa shape index (κ2) is 5.51. The third kappa shape index (κ3) is 4.61. The van der Waals surface area contributed by atoms with Crippen LogP contribution in [0.4, 0.5) is 0 Å². The van der Waals surface area contributed by atoms with Crippen LogP contribution in [0.25, 0.3) is 0 Å². The van der Waals surface area contributed by atoms with Crippen LogP contribution in [0, 0.1) is 0 Å². The molecular formula is C12H16O3. The van der Waals surface area contributed by atoms with Gasteiger partial charge in [0, 0.05) is 0 Å². The lowest BCUT2D eigenvalue weighted by molar-refractivity contribution is -0.136. The maximum atomic E-state index is 10.5. The number of hydrogen-bond acceptors (Lipinski definition) is 2. The Morgan fingerprint density at radius 2 is 2.07 bits per heavy atom. The van der Waals surface area contributed by atoms with Crippen LogP contribution < -0.4 is 0 Å². The first-order chi connectivity index (χ1) is 7.08. The van der Waals surface area contributed by atoms with Crippen molar-refractivity contribution < 1.29 is 14.6 Å². The molecule has 3 heteroatoms. The van der Waals surface area contributed by atoms with Crippen LogP contribution >= 0.6 is 0 Å². The van der Waals surface area contributed by atoms with Gasteiger partial charge in [-0.25, -0.2) is 0 Å². The Bertz CT molecular complexity index is 331. The third-order valence-electron chi connectivity index (χ3n) is 1.93. The van der Waals surface area contributed by atoms with Gasteiger partial charge in [-0.2, -0.15) is 0 Å². The summed E-state index contributed by atoms with van der Waals surface area (Å²) in [6, 6.07) is 7.48. The van der Waals surface area contributed by atoms with Crippen molar-refractivity contribution in [2.45, 2.75) is 33.0 Å². The van der Waals surface area contributed by atoms with Crippen molar-refractivity contribution >= 4 is 5.97 Å². The summed E-state index contributed by atoms with van der Waals surface area (Å²) >= 11 is 0. The molecule has 0 aliphatic rings. The van der Waals surface area contributed by atoms with Gasteiger partial charge in [0.25, 0.3) is 0 Å². The van der Waals surface area contributed by atoms with Crippen LogP contribution in [0.5, 0.6) is 0 Å². The van der Waals surface area contributed by atoms with Crippen LogP contribution in [0.1, 0.15) is 25.0 Å². The minimum atomic E-state index is -0.808. The Hall–Kier alpha value is -1.35. The van der Waals surface area contributed by atoms with E-state index >= 15 is 0 Å². The predicted molar refractivity (Wildman–Crippen MR) is 57.7 cm³/mol. The van der Waals surface area contributed by atoms with Crippen LogP contribution in [0.15, 0.2) is 24.3 Å². The van der Waals surface area contributed by atoms with Crippen LogP contribution in [-0.2, 0) is 22.6 Å². The highest BCUT2D eigenvalue weighted by atomic mass is 16.5. The lowest BCUT2D eigenvalue weighted by Crippen LogP contribution is -2.04. The zero-order chi connectivity index (χ0) is 11.3. The first kappa shape index (κ1) is 11.7. The van der Waals surface area contributed by atoms with Gasteiger partial charge in [0.15, 0.2) is 0 Å². The summed E-state index contributed by atoms with van der Waals surface area (Å²) in [5.41, 5.74) is 1.83. The summed E-state index contributed by atoms with van der Waals surface area (Å²) in [7, 11) is 0. The van der Waals surface area contributed by atoms with Gasteiger partial charge in [-0.3, -0.25) is 4.79 Å². The predicted octanol–water partition coefficient (Wildman–Crippen LogP) is 2.24. The van der Waals surface area contributed by atoms with E-state index in [4.69, 9.17) is 9.84 Å². The minimum Gasteiger partial charge on any atom is -0.481 e. The molecule has 0 saturated heterocycles. The summed E-state index contributed by atoms with van der Waals surface area (Å²) in [5.74, 6) is -0.808. The zero-order valence-electron chi connectivity index (χ0n) is 9.06. The molecule has 82 valence electrons. The van der Waals surface area contributed by atoms with E-state index in [-0.39, 0.29) is 12.5 Å². The van der Waals surface area contributed by atoms with Crippen LogP contribution in [-0.4, -0.2) is 17.2 Å². The van der Waals surface area contributed by atoms with E-state index in [1.165, 1.54) is 0 Å². The Labute approximate surface area is 89.7 Å². The highest BCUT2D eigenvalue weighted by Crippen LogP contribution is 2.08. The first-order valence-corrected chi connectivity index (χ1v) is 4.99. The van der Waals surface area contributed by atoms with Gasteiger partial charge >= 0.3 is 5.97 Å². The molecule has 0 aliphatic carbocycles. The standard InChI is InChI=1S/C12H16O3/c1-9(2)15-8-11-5-3-4-10(6-11)7-12(13)14/h3-6,9H,7-8H2,1-2H3,(H,13,14). The molecule has 0 bridgehead atoms. The van der Waals surface area contributed by atoms with Crippen molar-refractivity contribution in [3.05, 3.63) is 35.4 Å². The van der Waals surface area contributed by atoms with Gasteiger partial charge in [0.2, 0.25) is 0 Å². The molecule has 3 nitrogen and oxygen atoms in total. The van der Waals surface area contributed by atoms with Crippen LogP contribution in [0.2, 0.25) is 0 Å². The molecule has 0 heterocycles. The largest absolute Gasteiger partial charge is 0.481 e. The summed E-state index contributed by atoms with van der Waals surface area (Å²) in [6.45, 7) is 4.48. The van der Waals surface area contributed by atoms with E-state index < -0.39 is 5.97 Å². The van der Waals surface area contributed by atoms with Crippen molar-refractivity contribution in [2.24, 2.45) is 0 Å². The number of carboxylic acid groups (broad SMARTS) is 1. The fourth-order valence-corrected chi connectivity index (χ4v) is 1.27. The molecule has 0 radical (unpaired) electrons. The van der Waals surface area contributed by atoms with Gasteiger partial charge in [0.05, 0.1) is 19.1 Å². The number of carbonyl (C=O) groups is 1. The number of rotatable bonds is 5. The number of hydrogen-bond donors (Lipinski definition) is 1. The Balaban J connectivity index is 2.61. The van der Waals surface area contributed by atoms with Gasteiger partial charge < -0.3 is 9.84 Å². The van der Waals surface area contributed by atoms with E-state index in [9.17, 15) is 4.79 Å². The first-order valence-electron chi connectivity index (χ1n) is 4.99. The molecule has 0 aromatic heterocycles. The monoisotopic (exact) mass is 208 g/mol. The number of ether oxygens (including phenoxy) is 1. The number of benzene rings is 1. The number of aliphatic carboxylic acids is 1.